The number of aromatic nitrogens is 1. The standard InChI is InChI=1S/C28H44N4O5/c1-27(2,3)36-24(33)9-14-29-25(34)22-7-8-23(30-19-22)31-15-10-20(11-16-31)21-12-17-32(18-13-21)26(35)37-28(4,5)6/h7-8,19-21H,9-18H2,1-6H3,(H,29,34). The molecule has 2 saturated heterocycles. The number of likely N-dealkylation sites (tertiary alicyclic amines) is 1. The van der Waals surface area contributed by atoms with Gasteiger partial charge in [0.05, 0.1) is 12.0 Å². The van der Waals surface area contributed by atoms with E-state index in [-0.39, 0.29) is 30.9 Å². The Hall–Kier alpha value is -2.84. The summed E-state index contributed by atoms with van der Waals surface area (Å²) in [5, 5.41) is 2.75. The molecule has 0 radical (unpaired) electrons. The number of rotatable bonds is 6. The zero-order valence-electron chi connectivity index (χ0n) is 23.3. The molecule has 0 saturated carbocycles. The molecule has 2 aliphatic heterocycles. The number of hydrogen-bond acceptors (Lipinski definition) is 7. The van der Waals surface area contributed by atoms with Crippen LogP contribution in [0, 0.1) is 11.8 Å². The fourth-order valence-corrected chi connectivity index (χ4v) is 4.96. The predicted molar refractivity (Wildman–Crippen MR) is 143 cm³/mol. The highest BCUT2D eigenvalue weighted by Crippen LogP contribution is 2.34. The highest BCUT2D eigenvalue weighted by molar-refractivity contribution is 5.94. The molecule has 0 unspecified atom stereocenters. The van der Waals surface area contributed by atoms with E-state index in [0.29, 0.717) is 17.4 Å². The van der Waals surface area contributed by atoms with Crippen molar-refractivity contribution in [1.29, 1.82) is 0 Å². The zero-order chi connectivity index (χ0) is 27.2. The van der Waals surface area contributed by atoms with Crippen LogP contribution < -0.4 is 10.2 Å². The van der Waals surface area contributed by atoms with Crippen molar-refractivity contribution in [2.45, 2.75) is 84.8 Å². The maximum atomic E-state index is 12.4. The molecule has 0 atom stereocenters. The number of piperidine rings is 2. The van der Waals surface area contributed by atoms with Crippen LogP contribution in [0.15, 0.2) is 18.3 Å². The van der Waals surface area contributed by atoms with Crippen molar-refractivity contribution in [2.24, 2.45) is 11.8 Å². The first kappa shape index (κ1) is 28.7. The third kappa shape index (κ3) is 9.20. The lowest BCUT2D eigenvalue weighted by Gasteiger charge is -2.40. The first-order valence-electron chi connectivity index (χ1n) is 13.5. The van der Waals surface area contributed by atoms with Gasteiger partial charge in [0.25, 0.3) is 5.91 Å². The molecule has 9 nitrogen and oxygen atoms in total. The minimum Gasteiger partial charge on any atom is -0.460 e. The van der Waals surface area contributed by atoms with E-state index in [4.69, 9.17) is 9.47 Å². The van der Waals surface area contributed by atoms with Gasteiger partial charge in [-0.2, -0.15) is 0 Å². The van der Waals surface area contributed by atoms with E-state index in [1.807, 2.05) is 52.5 Å². The largest absolute Gasteiger partial charge is 0.460 e. The van der Waals surface area contributed by atoms with E-state index in [1.165, 1.54) is 0 Å². The van der Waals surface area contributed by atoms with Crippen LogP contribution >= 0.6 is 0 Å². The minimum absolute atomic E-state index is 0.128. The summed E-state index contributed by atoms with van der Waals surface area (Å²) in [4.78, 5) is 45.2. The number of carbonyl (C=O) groups is 3. The van der Waals surface area contributed by atoms with Crippen LogP contribution in [-0.4, -0.2) is 71.8 Å². The zero-order valence-corrected chi connectivity index (χ0v) is 23.3. The molecule has 0 aliphatic carbocycles. The predicted octanol–water partition coefficient (Wildman–Crippen LogP) is 4.41. The van der Waals surface area contributed by atoms with Crippen LogP contribution in [0.5, 0.6) is 0 Å². The average molecular weight is 517 g/mol. The summed E-state index contributed by atoms with van der Waals surface area (Å²) >= 11 is 0. The molecule has 2 fully saturated rings. The summed E-state index contributed by atoms with van der Waals surface area (Å²) in [6.07, 6.45) is 5.78. The second-order valence-electron chi connectivity index (χ2n) is 12.1. The van der Waals surface area contributed by atoms with Crippen molar-refractivity contribution in [2.75, 3.05) is 37.6 Å². The monoisotopic (exact) mass is 516 g/mol. The highest BCUT2D eigenvalue weighted by atomic mass is 16.6. The third-order valence-corrected chi connectivity index (χ3v) is 6.77. The second kappa shape index (κ2) is 12.1. The lowest BCUT2D eigenvalue weighted by atomic mass is 9.79. The summed E-state index contributed by atoms with van der Waals surface area (Å²) in [5.41, 5.74) is -0.521. The van der Waals surface area contributed by atoms with Gasteiger partial charge in [0.15, 0.2) is 0 Å². The summed E-state index contributed by atoms with van der Waals surface area (Å²) < 4.78 is 10.8. The molecular formula is C28H44N4O5. The second-order valence-corrected chi connectivity index (χ2v) is 12.1. The Labute approximate surface area is 221 Å². The van der Waals surface area contributed by atoms with Gasteiger partial charge in [-0.3, -0.25) is 9.59 Å². The van der Waals surface area contributed by atoms with E-state index in [2.05, 4.69) is 15.2 Å². The Balaban J connectivity index is 1.39. The van der Waals surface area contributed by atoms with Crippen molar-refractivity contribution < 1.29 is 23.9 Å². The highest BCUT2D eigenvalue weighted by Gasteiger charge is 2.32. The molecule has 2 aliphatic rings. The maximum absolute atomic E-state index is 12.4. The number of anilines is 1. The van der Waals surface area contributed by atoms with Crippen LogP contribution in [0.3, 0.4) is 0 Å². The van der Waals surface area contributed by atoms with Crippen molar-refractivity contribution in [3.8, 4) is 0 Å². The molecule has 3 heterocycles. The van der Waals surface area contributed by atoms with Crippen LogP contribution in [0.1, 0.15) is 84.0 Å². The molecule has 1 N–H and O–H groups in total. The van der Waals surface area contributed by atoms with E-state index < -0.39 is 11.2 Å². The molecule has 1 aromatic rings. The van der Waals surface area contributed by atoms with Gasteiger partial charge in [0.2, 0.25) is 0 Å². The smallest absolute Gasteiger partial charge is 0.410 e. The van der Waals surface area contributed by atoms with Gasteiger partial charge in [-0.25, -0.2) is 9.78 Å². The van der Waals surface area contributed by atoms with Gasteiger partial charge in [0, 0.05) is 38.9 Å². The van der Waals surface area contributed by atoms with E-state index in [9.17, 15) is 14.4 Å². The fourth-order valence-electron chi connectivity index (χ4n) is 4.96. The summed E-state index contributed by atoms with van der Waals surface area (Å²) in [6, 6.07) is 3.67. The van der Waals surface area contributed by atoms with Crippen LogP contribution in [0.25, 0.3) is 0 Å². The van der Waals surface area contributed by atoms with Gasteiger partial charge in [0.1, 0.15) is 17.0 Å². The molecule has 1 aromatic heterocycles. The van der Waals surface area contributed by atoms with Gasteiger partial charge in [-0.15, -0.1) is 0 Å². The quantitative estimate of drug-likeness (QED) is 0.559. The number of nitrogens with zero attached hydrogens (tertiary/aromatic N) is 3. The maximum Gasteiger partial charge on any atom is 0.410 e. The lowest BCUT2D eigenvalue weighted by molar-refractivity contribution is -0.154. The van der Waals surface area contributed by atoms with Crippen LogP contribution in [0.2, 0.25) is 0 Å². The number of hydrogen-bond donors (Lipinski definition) is 1. The first-order chi connectivity index (χ1) is 17.3. The van der Waals surface area contributed by atoms with Gasteiger partial charge >= 0.3 is 12.1 Å². The molecule has 2 amide bonds. The lowest BCUT2D eigenvalue weighted by Crippen LogP contribution is -2.44. The Bertz CT molecular complexity index is 919. The topological polar surface area (TPSA) is 101 Å². The van der Waals surface area contributed by atoms with Gasteiger partial charge in [-0.05, 0) is 91.2 Å². The Morgan fingerprint density at radius 3 is 1.97 bits per heavy atom. The molecular weight excluding hydrogens is 472 g/mol. The summed E-state index contributed by atoms with van der Waals surface area (Å²) in [5.74, 6) is 1.59. The van der Waals surface area contributed by atoms with Crippen LogP contribution in [-0.2, 0) is 14.3 Å². The van der Waals surface area contributed by atoms with Crippen molar-refractivity contribution in [3.05, 3.63) is 23.9 Å². The first-order valence-corrected chi connectivity index (χ1v) is 13.5. The molecule has 9 heteroatoms. The fraction of sp³-hybridized carbons (Fsp3) is 0.714. The number of carbonyl (C=O) groups excluding carboxylic acids is 3. The molecule has 0 spiro atoms. The SMILES string of the molecule is CC(C)(C)OC(=O)CCNC(=O)c1ccc(N2CCC(C3CCN(C(=O)OC(C)(C)C)CC3)CC2)nc1. The number of nitrogens with one attached hydrogen (secondary N) is 1. The average Bonchev–Trinajstić information content (AvgIpc) is 2.82. The van der Waals surface area contributed by atoms with Crippen molar-refractivity contribution in [1.82, 2.24) is 15.2 Å². The Morgan fingerprint density at radius 2 is 1.46 bits per heavy atom. The number of pyridine rings is 1. The summed E-state index contributed by atoms with van der Waals surface area (Å²) in [7, 11) is 0. The third-order valence-electron chi connectivity index (χ3n) is 6.77. The van der Waals surface area contributed by atoms with Gasteiger partial charge < -0.3 is 24.6 Å². The molecule has 37 heavy (non-hydrogen) atoms. The minimum atomic E-state index is -0.533. The Kier molecular flexibility index (Phi) is 9.42. The molecule has 3 rings (SSSR count). The van der Waals surface area contributed by atoms with Crippen LogP contribution in [0.4, 0.5) is 10.6 Å². The number of amides is 2. The van der Waals surface area contributed by atoms with E-state index in [0.717, 1.165) is 57.7 Å². The number of esters is 1. The van der Waals surface area contributed by atoms with E-state index in [1.54, 1.807) is 12.3 Å². The normalized spacial score (nSPS) is 17.9. The summed E-state index contributed by atoms with van der Waals surface area (Å²) in [6.45, 7) is 14.8. The number of ether oxygens (including phenoxy) is 2. The molecule has 206 valence electrons. The Morgan fingerprint density at radius 1 is 0.892 bits per heavy atom. The molecule has 0 aromatic carbocycles. The van der Waals surface area contributed by atoms with E-state index >= 15 is 0 Å². The van der Waals surface area contributed by atoms with Crippen molar-refractivity contribution in [3.63, 3.8) is 0 Å². The van der Waals surface area contributed by atoms with Gasteiger partial charge in [-0.1, -0.05) is 0 Å². The molecule has 0 bridgehead atoms. The van der Waals surface area contributed by atoms with Crippen molar-refractivity contribution >= 4 is 23.8 Å².